The number of hydrogen-bond acceptors (Lipinski definition) is 4. The van der Waals surface area contributed by atoms with Gasteiger partial charge in [0.15, 0.2) is 0 Å². The van der Waals surface area contributed by atoms with E-state index in [0.717, 1.165) is 5.56 Å². The molecule has 1 aliphatic heterocycles. The molecule has 1 atom stereocenters. The molecule has 2 aromatic rings. The monoisotopic (exact) mass is 353 g/mol. The van der Waals surface area contributed by atoms with Gasteiger partial charge in [-0.05, 0) is 17.7 Å². The summed E-state index contributed by atoms with van der Waals surface area (Å²) in [5.74, 6) is -0.239. The number of carbonyl (C=O) groups is 2. The molecule has 0 aromatic heterocycles. The Kier molecular flexibility index (Phi) is 5.53. The minimum absolute atomic E-state index is 0.00369. The number of amides is 2. The zero-order valence-electron chi connectivity index (χ0n) is 14.5. The van der Waals surface area contributed by atoms with Crippen LogP contribution in [0, 0.1) is 0 Å². The predicted molar refractivity (Wildman–Crippen MR) is 98.6 cm³/mol. The van der Waals surface area contributed by atoms with Crippen LogP contribution in [0.5, 0.6) is 5.75 Å². The highest BCUT2D eigenvalue weighted by Gasteiger charge is 2.26. The van der Waals surface area contributed by atoms with Crippen LogP contribution in [0.2, 0.25) is 0 Å². The first-order chi connectivity index (χ1) is 12.6. The van der Waals surface area contributed by atoms with Crippen molar-refractivity contribution >= 4 is 11.8 Å². The Morgan fingerprint density at radius 3 is 2.15 bits per heavy atom. The maximum atomic E-state index is 12.5. The van der Waals surface area contributed by atoms with Gasteiger partial charge in [-0.25, -0.2) is 0 Å². The van der Waals surface area contributed by atoms with Crippen molar-refractivity contribution in [3.05, 3.63) is 65.7 Å². The largest absolute Gasteiger partial charge is 0.507 e. The Balaban J connectivity index is 1.54. The number of phenols is 1. The molecule has 1 aliphatic rings. The van der Waals surface area contributed by atoms with Crippen molar-refractivity contribution in [2.75, 3.05) is 26.2 Å². The van der Waals surface area contributed by atoms with Gasteiger partial charge >= 0.3 is 0 Å². The number of carbonyl (C=O) groups excluding carboxylic acids is 2. The van der Waals surface area contributed by atoms with E-state index in [1.807, 2.05) is 30.3 Å². The molecule has 0 aliphatic carbocycles. The average Bonchev–Trinajstić information content (AvgIpc) is 2.68. The topological polar surface area (TPSA) is 86.9 Å². The van der Waals surface area contributed by atoms with Crippen molar-refractivity contribution in [1.29, 1.82) is 0 Å². The fourth-order valence-corrected chi connectivity index (χ4v) is 3.12. The van der Waals surface area contributed by atoms with Gasteiger partial charge in [0.1, 0.15) is 5.75 Å². The van der Waals surface area contributed by atoms with Crippen LogP contribution in [0.1, 0.15) is 28.4 Å². The van der Waals surface area contributed by atoms with Crippen LogP contribution in [-0.2, 0) is 4.79 Å². The number of para-hydroxylation sites is 1. The molecule has 0 saturated carbocycles. The molecule has 0 radical (unpaired) electrons. The Bertz CT molecular complexity index is 771. The minimum Gasteiger partial charge on any atom is -0.507 e. The Morgan fingerprint density at radius 1 is 0.923 bits per heavy atom. The zero-order valence-corrected chi connectivity index (χ0v) is 14.5. The number of aromatic hydroxyl groups is 1. The van der Waals surface area contributed by atoms with Crippen molar-refractivity contribution in [3.63, 3.8) is 0 Å². The van der Waals surface area contributed by atoms with Gasteiger partial charge < -0.3 is 20.6 Å². The summed E-state index contributed by atoms with van der Waals surface area (Å²) >= 11 is 0. The summed E-state index contributed by atoms with van der Waals surface area (Å²) in [6, 6.07) is 15.7. The van der Waals surface area contributed by atoms with Crippen LogP contribution >= 0.6 is 0 Å². The molecule has 3 rings (SSSR count). The van der Waals surface area contributed by atoms with Crippen molar-refractivity contribution < 1.29 is 14.7 Å². The van der Waals surface area contributed by atoms with Crippen LogP contribution in [0.3, 0.4) is 0 Å². The van der Waals surface area contributed by atoms with E-state index in [9.17, 15) is 14.7 Å². The number of benzene rings is 2. The molecule has 136 valence electrons. The van der Waals surface area contributed by atoms with Gasteiger partial charge in [0.25, 0.3) is 5.91 Å². The van der Waals surface area contributed by atoms with Crippen LogP contribution in [-0.4, -0.2) is 52.9 Å². The summed E-state index contributed by atoms with van der Waals surface area (Å²) in [7, 11) is 0. The summed E-state index contributed by atoms with van der Waals surface area (Å²) in [6.45, 7) is 1.83. The lowest BCUT2D eigenvalue weighted by Crippen LogP contribution is -2.51. The molecule has 1 fully saturated rings. The summed E-state index contributed by atoms with van der Waals surface area (Å²) in [4.78, 5) is 28.4. The Hall–Kier alpha value is -2.86. The van der Waals surface area contributed by atoms with Crippen molar-refractivity contribution in [1.82, 2.24) is 9.80 Å². The first-order valence-corrected chi connectivity index (χ1v) is 8.72. The van der Waals surface area contributed by atoms with Crippen LogP contribution in [0.15, 0.2) is 54.6 Å². The molecule has 2 amide bonds. The lowest BCUT2D eigenvalue weighted by molar-refractivity contribution is -0.133. The molecule has 6 nitrogen and oxygen atoms in total. The molecule has 3 N–H and O–H groups in total. The lowest BCUT2D eigenvalue weighted by Gasteiger charge is -2.35. The molecule has 6 heteroatoms. The highest BCUT2D eigenvalue weighted by Crippen LogP contribution is 2.20. The van der Waals surface area contributed by atoms with Gasteiger partial charge in [0.2, 0.25) is 5.91 Å². The van der Waals surface area contributed by atoms with E-state index in [-0.39, 0.29) is 30.0 Å². The second-order valence-corrected chi connectivity index (χ2v) is 6.41. The highest BCUT2D eigenvalue weighted by molar-refractivity contribution is 5.97. The lowest BCUT2D eigenvalue weighted by atomic mass is 10.0. The third kappa shape index (κ3) is 4.03. The first-order valence-electron chi connectivity index (χ1n) is 8.72. The third-order valence-corrected chi connectivity index (χ3v) is 4.68. The zero-order chi connectivity index (χ0) is 18.5. The Labute approximate surface area is 152 Å². The number of rotatable bonds is 4. The van der Waals surface area contributed by atoms with Gasteiger partial charge in [-0.2, -0.15) is 0 Å². The molecular formula is C20H23N3O3. The molecular weight excluding hydrogens is 330 g/mol. The minimum atomic E-state index is -0.329. The van der Waals surface area contributed by atoms with E-state index >= 15 is 0 Å². The number of nitrogens with two attached hydrogens (primary N) is 1. The normalized spacial score (nSPS) is 15.6. The summed E-state index contributed by atoms with van der Waals surface area (Å²) in [5, 5.41) is 9.83. The smallest absolute Gasteiger partial charge is 0.257 e. The third-order valence-electron chi connectivity index (χ3n) is 4.68. The number of piperazine rings is 1. The van der Waals surface area contributed by atoms with E-state index in [1.165, 1.54) is 6.07 Å². The van der Waals surface area contributed by atoms with E-state index in [4.69, 9.17) is 5.73 Å². The molecule has 26 heavy (non-hydrogen) atoms. The quantitative estimate of drug-likeness (QED) is 0.877. The van der Waals surface area contributed by atoms with E-state index in [0.29, 0.717) is 31.7 Å². The van der Waals surface area contributed by atoms with Gasteiger partial charge in [-0.3, -0.25) is 9.59 Å². The number of hydrogen-bond donors (Lipinski definition) is 2. The Morgan fingerprint density at radius 2 is 1.50 bits per heavy atom. The van der Waals surface area contributed by atoms with Crippen LogP contribution < -0.4 is 5.73 Å². The van der Waals surface area contributed by atoms with Crippen molar-refractivity contribution in [2.45, 2.75) is 12.5 Å². The fraction of sp³-hybridized carbons (Fsp3) is 0.300. The SMILES string of the molecule is NC(CC(=O)N1CCN(C(=O)c2ccccc2O)CC1)c1ccccc1. The molecule has 2 aromatic carbocycles. The van der Waals surface area contributed by atoms with E-state index < -0.39 is 0 Å². The number of nitrogens with zero attached hydrogens (tertiary/aromatic N) is 2. The summed E-state index contributed by atoms with van der Waals surface area (Å²) in [5.41, 5.74) is 7.36. The maximum absolute atomic E-state index is 12.5. The van der Waals surface area contributed by atoms with Crippen LogP contribution in [0.4, 0.5) is 0 Å². The molecule has 0 spiro atoms. The molecule has 1 saturated heterocycles. The van der Waals surface area contributed by atoms with Gasteiger partial charge in [-0.15, -0.1) is 0 Å². The first kappa shape index (κ1) is 17.9. The fourth-order valence-electron chi connectivity index (χ4n) is 3.12. The molecule has 1 unspecified atom stereocenters. The highest BCUT2D eigenvalue weighted by atomic mass is 16.3. The average molecular weight is 353 g/mol. The predicted octanol–water partition coefficient (Wildman–Crippen LogP) is 1.77. The second kappa shape index (κ2) is 8.01. The molecule has 1 heterocycles. The molecule has 0 bridgehead atoms. The standard InChI is InChI=1S/C20H23N3O3/c21-17(15-6-2-1-3-7-15)14-19(25)22-10-12-23(13-11-22)20(26)16-8-4-5-9-18(16)24/h1-9,17,24H,10-14,21H2. The van der Waals surface area contributed by atoms with E-state index in [2.05, 4.69) is 0 Å². The summed E-state index contributed by atoms with van der Waals surface area (Å²) < 4.78 is 0. The van der Waals surface area contributed by atoms with Gasteiger partial charge in [-0.1, -0.05) is 42.5 Å². The summed E-state index contributed by atoms with van der Waals surface area (Å²) in [6.07, 6.45) is 0.247. The van der Waals surface area contributed by atoms with Crippen LogP contribution in [0.25, 0.3) is 0 Å². The van der Waals surface area contributed by atoms with Crippen molar-refractivity contribution in [2.24, 2.45) is 5.73 Å². The second-order valence-electron chi connectivity index (χ2n) is 6.41. The van der Waals surface area contributed by atoms with Gasteiger partial charge in [0, 0.05) is 38.6 Å². The van der Waals surface area contributed by atoms with Gasteiger partial charge in [0.05, 0.1) is 5.56 Å². The maximum Gasteiger partial charge on any atom is 0.257 e. The number of phenolic OH excluding ortho intramolecular Hbond substituents is 1. The van der Waals surface area contributed by atoms with E-state index in [1.54, 1.807) is 28.0 Å². The van der Waals surface area contributed by atoms with Crippen molar-refractivity contribution in [3.8, 4) is 5.75 Å².